The van der Waals surface area contributed by atoms with Gasteiger partial charge in [0.25, 0.3) is 0 Å². The summed E-state index contributed by atoms with van der Waals surface area (Å²) in [6.07, 6.45) is 1.95. The van der Waals surface area contributed by atoms with Crippen molar-refractivity contribution in [3.05, 3.63) is 203 Å². The molecule has 0 bridgehead atoms. The summed E-state index contributed by atoms with van der Waals surface area (Å²) in [4.78, 5) is 10.1. The van der Waals surface area contributed by atoms with Gasteiger partial charge in [0.05, 0.1) is 17.7 Å². The predicted molar refractivity (Wildman–Crippen MR) is 283 cm³/mol. The van der Waals surface area contributed by atoms with Gasteiger partial charge in [0, 0.05) is 73.5 Å². The van der Waals surface area contributed by atoms with Crippen LogP contribution >= 0.6 is 0 Å². The first-order valence-electron chi connectivity index (χ1n) is 24.0. The van der Waals surface area contributed by atoms with Crippen LogP contribution in [-0.2, 0) is 16.2 Å². The Labute approximate surface area is 399 Å². The maximum Gasteiger partial charge on any atom is 0.137 e. The van der Waals surface area contributed by atoms with Crippen LogP contribution in [0.5, 0.6) is 11.5 Å². The van der Waals surface area contributed by atoms with E-state index in [0.717, 1.165) is 39.4 Å². The summed E-state index contributed by atoms with van der Waals surface area (Å²) >= 11 is 0. The lowest BCUT2D eigenvalue weighted by Crippen LogP contribution is -2.31. The van der Waals surface area contributed by atoms with E-state index in [1.165, 1.54) is 50.3 Å². The lowest BCUT2D eigenvalue weighted by molar-refractivity contribution is 0.444. The van der Waals surface area contributed by atoms with E-state index >= 15 is 0 Å². The molecule has 0 unspecified atom stereocenters. The summed E-state index contributed by atoms with van der Waals surface area (Å²) in [5.74, 6) is 2.47. The highest BCUT2D eigenvalue weighted by molar-refractivity contribution is 6.09. The van der Waals surface area contributed by atoms with Gasteiger partial charge in [-0.2, -0.15) is 0 Å². The van der Waals surface area contributed by atoms with Gasteiger partial charge < -0.3 is 14.5 Å². The van der Waals surface area contributed by atoms with Gasteiger partial charge in [-0.3, -0.25) is 4.57 Å². The van der Waals surface area contributed by atoms with Crippen molar-refractivity contribution in [1.29, 1.82) is 0 Å². The molecule has 6 aromatic carbocycles. The molecule has 3 heterocycles. The Morgan fingerprint density at radius 3 is 1.54 bits per heavy atom. The van der Waals surface area contributed by atoms with Gasteiger partial charge in [0.2, 0.25) is 0 Å². The first-order chi connectivity index (χ1) is 31.6. The fourth-order valence-corrected chi connectivity index (χ4v) is 10.1. The molecule has 5 heteroatoms. The van der Waals surface area contributed by atoms with Gasteiger partial charge in [0.15, 0.2) is 0 Å². The van der Waals surface area contributed by atoms with Crippen molar-refractivity contribution in [2.24, 2.45) is 10.8 Å². The van der Waals surface area contributed by atoms with Crippen LogP contribution in [0.15, 0.2) is 175 Å². The molecule has 0 N–H and O–H groups in total. The molecule has 8 aromatic rings. The van der Waals surface area contributed by atoms with E-state index in [0.29, 0.717) is 6.67 Å². The smallest absolute Gasteiger partial charge is 0.137 e. The van der Waals surface area contributed by atoms with Gasteiger partial charge in [-0.1, -0.05) is 181 Å². The maximum absolute atomic E-state index is 7.06. The minimum atomic E-state index is -0.214. The Kier molecular flexibility index (Phi) is 11.3. The zero-order valence-electron chi connectivity index (χ0n) is 42.0. The molecule has 5 nitrogen and oxygen atoms in total. The molecule has 1 aliphatic heterocycles. The zero-order valence-corrected chi connectivity index (χ0v) is 42.0. The van der Waals surface area contributed by atoms with Gasteiger partial charge in [-0.05, 0) is 87.8 Å². The standard InChI is InChI=1S/C62H68N4O/c1-58(2,3)46-36-48(65-41-64(56(59(4,5)6)57(65)60(7,8)9)47-30-28-44(29-31-47)61(10,11)42-22-16-14-17-23-42)39-50(37-46)67-49-32-33-52-51-26-20-21-27-53(51)66(54(52)40-49)55-38-45(34-35-63-55)62(12,13)43-24-18-15-19-25-43/h14-40H,41H2,1-13H3. The summed E-state index contributed by atoms with van der Waals surface area (Å²) in [5, 5.41) is 2.34. The van der Waals surface area contributed by atoms with Crippen LogP contribution in [0.4, 0.5) is 11.4 Å². The topological polar surface area (TPSA) is 33.5 Å². The van der Waals surface area contributed by atoms with Crippen molar-refractivity contribution in [3.8, 4) is 17.3 Å². The molecule has 0 spiro atoms. The number of rotatable bonds is 9. The second-order valence-corrected chi connectivity index (χ2v) is 22.7. The van der Waals surface area contributed by atoms with Crippen molar-refractivity contribution < 1.29 is 4.74 Å². The molecular formula is C62H68N4O. The van der Waals surface area contributed by atoms with E-state index in [4.69, 9.17) is 9.72 Å². The van der Waals surface area contributed by atoms with Crippen LogP contribution in [0.25, 0.3) is 27.6 Å². The molecule has 342 valence electrons. The zero-order chi connectivity index (χ0) is 47.7. The van der Waals surface area contributed by atoms with E-state index in [2.05, 4.69) is 262 Å². The van der Waals surface area contributed by atoms with E-state index in [9.17, 15) is 0 Å². The second-order valence-electron chi connectivity index (χ2n) is 22.7. The largest absolute Gasteiger partial charge is 0.457 e. The lowest BCUT2D eigenvalue weighted by atomic mass is 9.78. The minimum absolute atomic E-state index is 0.122. The maximum atomic E-state index is 7.06. The summed E-state index contributed by atoms with van der Waals surface area (Å²) in [6, 6.07) is 57.2. The Morgan fingerprint density at radius 1 is 0.403 bits per heavy atom. The summed E-state index contributed by atoms with van der Waals surface area (Å²) in [5.41, 5.74) is 12.7. The highest BCUT2D eigenvalue weighted by Gasteiger charge is 2.42. The Balaban J connectivity index is 1.12. The van der Waals surface area contributed by atoms with Gasteiger partial charge in [0.1, 0.15) is 17.3 Å². The molecule has 0 aliphatic carbocycles. The number of hydrogen-bond acceptors (Lipinski definition) is 4. The van der Waals surface area contributed by atoms with Crippen molar-refractivity contribution in [2.45, 2.75) is 106 Å². The number of hydrogen-bond donors (Lipinski definition) is 0. The van der Waals surface area contributed by atoms with Gasteiger partial charge in [-0.15, -0.1) is 0 Å². The highest BCUT2D eigenvalue weighted by atomic mass is 16.5. The highest BCUT2D eigenvalue weighted by Crippen LogP contribution is 2.49. The van der Waals surface area contributed by atoms with Crippen LogP contribution < -0.4 is 14.5 Å². The molecule has 9 rings (SSSR count). The predicted octanol–water partition coefficient (Wildman–Crippen LogP) is 16.5. The average molecular weight is 885 g/mol. The van der Waals surface area contributed by atoms with E-state index in [1.807, 2.05) is 6.20 Å². The third-order valence-corrected chi connectivity index (χ3v) is 14.0. The van der Waals surface area contributed by atoms with Crippen LogP contribution in [0, 0.1) is 10.8 Å². The molecule has 0 fully saturated rings. The van der Waals surface area contributed by atoms with Crippen LogP contribution in [0.3, 0.4) is 0 Å². The Hall–Kier alpha value is -6.59. The number of aromatic nitrogens is 2. The monoisotopic (exact) mass is 885 g/mol. The summed E-state index contributed by atoms with van der Waals surface area (Å²) in [7, 11) is 0. The van der Waals surface area contributed by atoms with Crippen molar-refractivity contribution in [3.63, 3.8) is 0 Å². The first-order valence-corrected chi connectivity index (χ1v) is 24.0. The number of nitrogens with zero attached hydrogens (tertiary/aromatic N) is 4. The number of anilines is 2. The molecule has 0 saturated carbocycles. The molecular weight excluding hydrogens is 817 g/mol. The lowest BCUT2D eigenvalue weighted by Gasteiger charge is -2.34. The van der Waals surface area contributed by atoms with Crippen molar-refractivity contribution in [2.75, 3.05) is 16.5 Å². The van der Waals surface area contributed by atoms with Crippen LogP contribution in [-0.4, -0.2) is 16.2 Å². The number of pyridine rings is 1. The molecule has 0 atom stereocenters. The summed E-state index contributed by atoms with van der Waals surface area (Å²) < 4.78 is 9.36. The Bertz CT molecular complexity index is 3120. The molecule has 2 aromatic heterocycles. The molecule has 0 saturated heterocycles. The van der Waals surface area contributed by atoms with Crippen LogP contribution in [0.2, 0.25) is 0 Å². The SMILES string of the molecule is CC(C)(C)C1=C(C(C)(C)C)N(c2cc(Oc3ccc4c5ccccc5n(-c5cc(C(C)(C)c6ccccc6)ccn5)c4c3)cc(C(C)(C)C)c2)CN1c1ccc(C(C)(C)c2ccccc2)cc1. The van der Waals surface area contributed by atoms with Crippen molar-refractivity contribution in [1.82, 2.24) is 9.55 Å². The number of ether oxygens (including phenoxy) is 1. The van der Waals surface area contributed by atoms with E-state index in [1.54, 1.807) is 0 Å². The third kappa shape index (κ3) is 8.54. The van der Waals surface area contributed by atoms with E-state index in [-0.39, 0.29) is 27.1 Å². The minimum Gasteiger partial charge on any atom is -0.457 e. The normalized spacial score (nSPS) is 14.2. The van der Waals surface area contributed by atoms with Crippen LogP contribution in [0.1, 0.15) is 118 Å². The second kappa shape index (κ2) is 16.6. The van der Waals surface area contributed by atoms with Gasteiger partial charge in [-0.25, -0.2) is 4.98 Å². The molecule has 0 radical (unpaired) electrons. The molecule has 67 heavy (non-hydrogen) atoms. The van der Waals surface area contributed by atoms with Crippen molar-refractivity contribution >= 4 is 33.2 Å². The molecule has 0 amide bonds. The average Bonchev–Trinajstić information content (AvgIpc) is 3.88. The third-order valence-electron chi connectivity index (χ3n) is 14.0. The number of benzene rings is 6. The number of para-hydroxylation sites is 1. The Morgan fingerprint density at radius 2 is 0.940 bits per heavy atom. The fraction of sp³-hybridized carbons (Fsp3) is 0.306. The van der Waals surface area contributed by atoms with Gasteiger partial charge >= 0.3 is 0 Å². The molecule has 1 aliphatic rings. The number of allylic oxidation sites excluding steroid dienone is 2. The number of fused-ring (bicyclic) bond motifs is 3. The van der Waals surface area contributed by atoms with E-state index < -0.39 is 0 Å². The quantitative estimate of drug-likeness (QED) is 0.145. The first kappa shape index (κ1) is 45.6. The summed E-state index contributed by atoms with van der Waals surface area (Å²) in [6.45, 7) is 30.9. The fourth-order valence-electron chi connectivity index (χ4n) is 10.1.